The minimum absolute atomic E-state index is 0.605. The minimum Gasteiger partial charge on any atom is -0.329 e. The molecule has 0 aliphatic heterocycles. The van der Waals surface area contributed by atoms with Gasteiger partial charge in [0, 0.05) is 25.2 Å². The molecule has 126 valence electrons. The Balaban J connectivity index is 1.94. The molecule has 4 heteroatoms. The molecule has 0 unspecified atom stereocenters. The molecule has 0 saturated carbocycles. The van der Waals surface area contributed by atoms with Crippen molar-refractivity contribution in [2.24, 2.45) is 5.73 Å². The fourth-order valence-corrected chi connectivity index (χ4v) is 3.12. The zero-order chi connectivity index (χ0) is 16.9. The maximum Gasteiger partial charge on any atom is 0.141 e. The van der Waals surface area contributed by atoms with Gasteiger partial charge in [0.2, 0.25) is 0 Å². The van der Waals surface area contributed by atoms with E-state index in [1.165, 1.54) is 5.56 Å². The van der Waals surface area contributed by atoms with Crippen molar-refractivity contribution in [3.63, 3.8) is 0 Å². The number of imidazole rings is 1. The molecule has 3 aromatic rings. The lowest BCUT2D eigenvalue weighted by molar-refractivity contribution is 0.296. The monoisotopic (exact) mass is 322 g/mol. The van der Waals surface area contributed by atoms with Gasteiger partial charge in [0.25, 0.3) is 0 Å². The minimum atomic E-state index is 0.605. The van der Waals surface area contributed by atoms with Crippen molar-refractivity contribution in [1.82, 2.24) is 14.5 Å². The van der Waals surface area contributed by atoms with Crippen LogP contribution < -0.4 is 5.73 Å². The Kier molecular flexibility index (Phi) is 5.28. The molecule has 2 aromatic carbocycles. The van der Waals surface area contributed by atoms with E-state index in [1.54, 1.807) is 0 Å². The molecule has 0 atom stereocenters. The molecule has 0 saturated heterocycles. The number of aromatic nitrogens is 2. The first kappa shape index (κ1) is 16.7. The van der Waals surface area contributed by atoms with E-state index in [0.717, 1.165) is 48.6 Å². The molecule has 4 nitrogen and oxygen atoms in total. The molecule has 0 amide bonds. The largest absolute Gasteiger partial charge is 0.329 e. The Morgan fingerprint density at radius 1 is 1.00 bits per heavy atom. The average molecular weight is 322 g/mol. The highest BCUT2D eigenvalue weighted by molar-refractivity contribution is 5.80. The summed E-state index contributed by atoms with van der Waals surface area (Å²) < 4.78 is 2.22. The number of benzene rings is 2. The van der Waals surface area contributed by atoms with Crippen LogP contribution >= 0.6 is 0 Å². The van der Waals surface area contributed by atoms with Crippen molar-refractivity contribution in [1.29, 1.82) is 0 Å². The topological polar surface area (TPSA) is 47.1 Å². The third-order valence-corrected chi connectivity index (χ3v) is 4.52. The SMILES string of the molecule is CCN(CC)Cc1ccc(-c2nc3ccccc3n2CCN)cc1. The number of nitrogens with zero attached hydrogens (tertiary/aromatic N) is 3. The van der Waals surface area contributed by atoms with E-state index in [9.17, 15) is 0 Å². The summed E-state index contributed by atoms with van der Waals surface area (Å²) >= 11 is 0. The second-order valence-electron chi connectivity index (χ2n) is 6.02. The van der Waals surface area contributed by atoms with Crippen molar-refractivity contribution < 1.29 is 0 Å². The summed E-state index contributed by atoms with van der Waals surface area (Å²) in [6.07, 6.45) is 0. The maximum absolute atomic E-state index is 5.81. The number of fused-ring (bicyclic) bond motifs is 1. The van der Waals surface area contributed by atoms with Gasteiger partial charge in [-0.15, -0.1) is 0 Å². The second kappa shape index (κ2) is 7.60. The molecule has 0 radical (unpaired) electrons. The molecule has 0 spiro atoms. The highest BCUT2D eigenvalue weighted by atomic mass is 15.1. The molecular weight excluding hydrogens is 296 g/mol. The van der Waals surface area contributed by atoms with Crippen LogP contribution in [0.3, 0.4) is 0 Å². The normalized spacial score (nSPS) is 11.5. The third kappa shape index (κ3) is 3.35. The molecule has 2 N–H and O–H groups in total. The Bertz CT molecular complexity index is 785. The van der Waals surface area contributed by atoms with E-state index in [-0.39, 0.29) is 0 Å². The fraction of sp³-hybridized carbons (Fsp3) is 0.350. The van der Waals surface area contributed by atoms with Crippen LogP contribution in [0, 0.1) is 0 Å². The van der Waals surface area contributed by atoms with Gasteiger partial charge in [0.05, 0.1) is 11.0 Å². The number of nitrogens with two attached hydrogens (primary N) is 1. The highest BCUT2D eigenvalue weighted by Crippen LogP contribution is 2.25. The lowest BCUT2D eigenvalue weighted by Gasteiger charge is -2.18. The Morgan fingerprint density at radius 2 is 1.71 bits per heavy atom. The van der Waals surface area contributed by atoms with Gasteiger partial charge in [-0.25, -0.2) is 4.98 Å². The van der Waals surface area contributed by atoms with Gasteiger partial charge in [-0.1, -0.05) is 50.2 Å². The van der Waals surface area contributed by atoms with Gasteiger partial charge in [0.1, 0.15) is 5.82 Å². The Hall–Kier alpha value is -2.17. The van der Waals surface area contributed by atoms with Crippen LogP contribution in [0.2, 0.25) is 0 Å². The summed E-state index contributed by atoms with van der Waals surface area (Å²) in [4.78, 5) is 7.24. The molecule has 24 heavy (non-hydrogen) atoms. The lowest BCUT2D eigenvalue weighted by Crippen LogP contribution is -2.21. The van der Waals surface area contributed by atoms with E-state index in [0.29, 0.717) is 6.54 Å². The maximum atomic E-state index is 5.81. The molecule has 0 fully saturated rings. The van der Waals surface area contributed by atoms with Crippen LogP contribution in [0.4, 0.5) is 0 Å². The van der Waals surface area contributed by atoms with Crippen molar-refractivity contribution in [3.05, 3.63) is 54.1 Å². The van der Waals surface area contributed by atoms with Crippen LogP contribution in [0.15, 0.2) is 48.5 Å². The first-order chi connectivity index (χ1) is 11.8. The number of hydrogen-bond acceptors (Lipinski definition) is 3. The van der Waals surface area contributed by atoms with Gasteiger partial charge in [0.15, 0.2) is 0 Å². The van der Waals surface area contributed by atoms with Gasteiger partial charge in [-0.05, 0) is 30.8 Å². The second-order valence-corrected chi connectivity index (χ2v) is 6.02. The molecule has 3 rings (SSSR count). The Labute approximate surface area is 143 Å². The van der Waals surface area contributed by atoms with Gasteiger partial charge >= 0.3 is 0 Å². The summed E-state index contributed by atoms with van der Waals surface area (Å²) in [5, 5.41) is 0. The predicted octanol–water partition coefficient (Wildman–Crippen LogP) is 3.50. The molecule has 0 bridgehead atoms. The Morgan fingerprint density at radius 3 is 2.38 bits per heavy atom. The van der Waals surface area contributed by atoms with Crippen LogP contribution in [-0.4, -0.2) is 34.1 Å². The van der Waals surface area contributed by atoms with Crippen molar-refractivity contribution >= 4 is 11.0 Å². The fourth-order valence-electron chi connectivity index (χ4n) is 3.12. The summed E-state index contributed by atoms with van der Waals surface area (Å²) in [5.74, 6) is 0.996. The summed E-state index contributed by atoms with van der Waals surface area (Å²) in [5.41, 5.74) is 10.5. The quantitative estimate of drug-likeness (QED) is 0.724. The first-order valence-corrected chi connectivity index (χ1v) is 8.73. The van der Waals surface area contributed by atoms with Crippen LogP contribution in [-0.2, 0) is 13.1 Å². The molecule has 1 heterocycles. The van der Waals surface area contributed by atoms with Crippen molar-refractivity contribution in [2.75, 3.05) is 19.6 Å². The first-order valence-electron chi connectivity index (χ1n) is 8.73. The summed E-state index contributed by atoms with van der Waals surface area (Å²) in [6.45, 7) is 8.92. The molecular formula is C20H26N4. The standard InChI is InChI=1S/C20H26N4/c1-3-23(4-2)15-16-9-11-17(12-10-16)20-22-18-7-5-6-8-19(18)24(20)14-13-21/h5-12H,3-4,13-15,21H2,1-2H3. The molecule has 1 aromatic heterocycles. The number of para-hydroxylation sites is 2. The number of rotatable bonds is 7. The van der Waals surface area contributed by atoms with Crippen molar-refractivity contribution in [3.8, 4) is 11.4 Å². The predicted molar refractivity (Wildman–Crippen MR) is 101 cm³/mol. The zero-order valence-corrected chi connectivity index (χ0v) is 14.6. The molecule has 0 aliphatic rings. The zero-order valence-electron chi connectivity index (χ0n) is 14.6. The summed E-state index contributed by atoms with van der Waals surface area (Å²) in [7, 11) is 0. The van der Waals surface area contributed by atoms with Gasteiger partial charge < -0.3 is 10.3 Å². The van der Waals surface area contributed by atoms with Gasteiger partial charge in [-0.2, -0.15) is 0 Å². The smallest absolute Gasteiger partial charge is 0.141 e. The van der Waals surface area contributed by atoms with E-state index in [1.807, 2.05) is 12.1 Å². The third-order valence-electron chi connectivity index (χ3n) is 4.52. The van der Waals surface area contributed by atoms with Gasteiger partial charge in [-0.3, -0.25) is 4.90 Å². The molecule has 0 aliphatic carbocycles. The van der Waals surface area contributed by atoms with Crippen molar-refractivity contribution in [2.45, 2.75) is 26.9 Å². The average Bonchev–Trinajstić information content (AvgIpc) is 2.99. The van der Waals surface area contributed by atoms with Crippen LogP contribution in [0.1, 0.15) is 19.4 Å². The van der Waals surface area contributed by atoms with Crippen LogP contribution in [0.25, 0.3) is 22.4 Å². The van der Waals surface area contributed by atoms with Crippen LogP contribution in [0.5, 0.6) is 0 Å². The van der Waals surface area contributed by atoms with E-state index in [2.05, 4.69) is 59.7 Å². The highest BCUT2D eigenvalue weighted by Gasteiger charge is 2.12. The lowest BCUT2D eigenvalue weighted by atomic mass is 10.1. The summed E-state index contributed by atoms with van der Waals surface area (Å²) in [6, 6.07) is 17.0. The number of hydrogen-bond donors (Lipinski definition) is 1. The van der Waals surface area contributed by atoms with E-state index < -0.39 is 0 Å². The van der Waals surface area contributed by atoms with E-state index in [4.69, 9.17) is 10.7 Å². The van der Waals surface area contributed by atoms with E-state index >= 15 is 0 Å².